The van der Waals surface area contributed by atoms with Crippen molar-refractivity contribution >= 4 is 27.9 Å². The Hall–Kier alpha value is -3.37. The number of nitrogens with two attached hydrogens (primary N) is 2. The number of carbonyl (C=O) groups is 2. The fraction of sp³-hybridized carbons (Fsp3) is 0.238. The number of likely N-dealkylation sites (N-methyl/N-ethyl adjacent to an activating group) is 1. The van der Waals surface area contributed by atoms with Crippen molar-refractivity contribution in [3.63, 3.8) is 0 Å². The predicted octanol–water partition coefficient (Wildman–Crippen LogP) is 1.44. The Morgan fingerprint density at radius 2 is 1.77 bits per heavy atom. The zero-order chi connectivity index (χ0) is 23.2. The van der Waals surface area contributed by atoms with Crippen LogP contribution in [0.15, 0.2) is 53.4 Å². The maximum atomic E-state index is 12.6. The van der Waals surface area contributed by atoms with E-state index in [1.807, 2.05) is 6.92 Å². The van der Waals surface area contributed by atoms with Crippen molar-refractivity contribution in [3.8, 4) is 11.5 Å². The number of primary amides is 1. The molecule has 0 aromatic heterocycles. The molecule has 1 atom stereocenters. The highest BCUT2D eigenvalue weighted by Gasteiger charge is 2.17. The van der Waals surface area contributed by atoms with E-state index in [1.54, 1.807) is 43.5 Å². The Bertz CT molecular complexity index is 1080. The molecule has 166 valence electrons. The van der Waals surface area contributed by atoms with Gasteiger partial charge in [0.1, 0.15) is 0 Å². The molecule has 9 nitrogen and oxygen atoms in total. The molecule has 0 spiro atoms. The smallest absolute Gasteiger partial charge is 0.255 e. The van der Waals surface area contributed by atoms with Crippen molar-refractivity contribution < 1.29 is 27.5 Å². The summed E-state index contributed by atoms with van der Waals surface area (Å²) >= 11 is 0. The molecule has 0 aliphatic carbocycles. The van der Waals surface area contributed by atoms with Crippen LogP contribution in [0.25, 0.3) is 6.08 Å². The molecule has 2 rings (SSSR count). The van der Waals surface area contributed by atoms with Crippen LogP contribution in [-0.4, -0.2) is 45.9 Å². The van der Waals surface area contributed by atoms with Gasteiger partial charge in [-0.2, -0.15) is 0 Å². The predicted molar refractivity (Wildman–Crippen MR) is 116 cm³/mol. The lowest BCUT2D eigenvalue weighted by Crippen LogP contribution is -2.28. The topological polar surface area (TPSA) is 142 Å². The van der Waals surface area contributed by atoms with E-state index in [9.17, 15) is 18.0 Å². The van der Waals surface area contributed by atoms with Gasteiger partial charge in [-0.1, -0.05) is 18.2 Å². The number of nitrogens with zero attached hydrogens (tertiary/aromatic N) is 1. The van der Waals surface area contributed by atoms with Gasteiger partial charge in [-0.3, -0.25) is 9.59 Å². The Morgan fingerprint density at radius 3 is 2.32 bits per heavy atom. The van der Waals surface area contributed by atoms with Crippen LogP contribution >= 0.6 is 0 Å². The second kappa shape index (κ2) is 10.1. The molecule has 0 heterocycles. The summed E-state index contributed by atoms with van der Waals surface area (Å²) < 4.78 is 33.3. The zero-order valence-electron chi connectivity index (χ0n) is 17.4. The van der Waals surface area contributed by atoms with E-state index >= 15 is 0 Å². The molecular formula is C21H25N3O6S. The van der Waals surface area contributed by atoms with Crippen LogP contribution in [0.4, 0.5) is 0 Å². The molecular weight excluding hydrogens is 422 g/mol. The summed E-state index contributed by atoms with van der Waals surface area (Å²) in [5, 5.41) is 5.11. The van der Waals surface area contributed by atoms with E-state index < -0.39 is 15.9 Å². The van der Waals surface area contributed by atoms with Gasteiger partial charge in [-0.25, -0.2) is 13.6 Å². The first-order valence-electron chi connectivity index (χ1n) is 9.19. The zero-order valence-corrected chi connectivity index (χ0v) is 18.3. The number of rotatable bonds is 9. The van der Waals surface area contributed by atoms with E-state index in [4.69, 9.17) is 20.3 Å². The van der Waals surface area contributed by atoms with Gasteiger partial charge in [0.05, 0.1) is 18.0 Å². The molecule has 2 amide bonds. The number of carbonyl (C=O) groups excluding carboxylic acids is 2. The summed E-state index contributed by atoms with van der Waals surface area (Å²) in [6, 6.07) is 10.7. The van der Waals surface area contributed by atoms with E-state index in [2.05, 4.69) is 0 Å². The van der Waals surface area contributed by atoms with Crippen LogP contribution < -0.4 is 20.3 Å². The first-order valence-corrected chi connectivity index (χ1v) is 10.7. The van der Waals surface area contributed by atoms with Crippen LogP contribution in [0.3, 0.4) is 0 Å². The SMILES string of the molecule is COc1cc(C=CC(=O)N(C)C(C)c2ccc(S(N)(=O)=O)cc2)ccc1OCC(N)=O. The van der Waals surface area contributed by atoms with E-state index in [0.717, 1.165) is 5.56 Å². The van der Waals surface area contributed by atoms with Gasteiger partial charge >= 0.3 is 0 Å². The molecule has 1 unspecified atom stereocenters. The van der Waals surface area contributed by atoms with E-state index in [-0.39, 0.29) is 23.5 Å². The van der Waals surface area contributed by atoms with Gasteiger partial charge in [0, 0.05) is 13.1 Å². The van der Waals surface area contributed by atoms with Crippen molar-refractivity contribution in [2.45, 2.75) is 17.9 Å². The van der Waals surface area contributed by atoms with Crippen LogP contribution in [0, 0.1) is 0 Å². The largest absolute Gasteiger partial charge is 0.493 e. The number of sulfonamides is 1. The van der Waals surface area contributed by atoms with Gasteiger partial charge in [0.25, 0.3) is 5.91 Å². The quantitative estimate of drug-likeness (QED) is 0.557. The lowest BCUT2D eigenvalue weighted by Gasteiger charge is -2.24. The monoisotopic (exact) mass is 447 g/mol. The first kappa shape index (κ1) is 23.9. The van der Waals surface area contributed by atoms with Gasteiger partial charge in [-0.05, 0) is 48.4 Å². The Morgan fingerprint density at radius 1 is 1.13 bits per heavy atom. The average Bonchev–Trinajstić information content (AvgIpc) is 2.74. The maximum Gasteiger partial charge on any atom is 0.255 e. The number of hydrogen-bond donors (Lipinski definition) is 2. The number of amides is 2. The number of ether oxygens (including phenoxy) is 2. The van der Waals surface area contributed by atoms with E-state index in [1.165, 1.54) is 30.2 Å². The summed E-state index contributed by atoms with van der Waals surface area (Å²) in [5.74, 6) is -0.102. The normalized spacial score (nSPS) is 12.4. The highest BCUT2D eigenvalue weighted by molar-refractivity contribution is 7.89. The van der Waals surface area contributed by atoms with Crippen molar-refractivity contribution in [3.05, 3.63) is 59.7 Å². The lowest BCUT2D eigenvalue weighted by atomic mass is 10.1. The third kappa shape index (κ3) is 6.56. The number of methoxy groups -OCH3 is 1. The fourth-order valence-corrected chi connectivity index (χ4v) is 3.21. The number of benzene rings is 2. The molecule has 0 fully saturated rings. The van der Waals surface area contributed by atoms with Crippen LogP contribution in [0.5, 0.6) is 11.5 Å². The second-order valence-corrected chi connectivity index (χ2v) is 8.30. The molecule has 0 saturated heterocycles. The fourth-order valence-electron chi connectivity index (χ4n) is 2.69. The standard InChI is InChI=1S/C21H25N3O6S/c1-14(16-6-8-17(9-7-16)31(23,27)28)24(2)21(26)11-5-15-4-10-18(19(12-15)29-3)30-13-20(22)25/h4-12,14H,13H2,1-3H3,(H2,22,25)(H2,23,27,28). The summed E-state index contributed by atoms with van der Waals surface area (Å²) in [5.41, 5.74) is 6.52. The minimum absolute atomic E-state index is 0.00882. The second-order valence-electron chi connectivity index (χ2n) is 6.74. The van der Waals surface area contributed by atoms with Crippen LogP contribution in [0.1, 0.15) is 24.1 Å². The first-order chi connectivity index (χ1) is 14.5. The van der Waals surface area contributed by atoms with Gasteiger partial charge in [0.15, 0.2) is 18.1 Å². The summed E-state index contributed by atoms with van der Waals surface area (Å²) in [4.78, 5) is 25.0. The molecule has 0 aliphatic rings. The summed E-state index contributed by atoms with van der Waals surface area (Å²) in [7, 11) is -0.667. The third-order valence-corrected chi connectivity index (χ3v) is 5.52. The van der Waals surface area contributed by atoms with Crippen LogP contribution in [-0.2, 0) is 19.6 Å². The van der Waals surface area contributed by atoms with Crippen molar-refractivity contribution in [1.82, 2.24) is 4.90 Å². The molecule has 0 bridgehead atoms. The highest BCUT2D eigenvalue weighted by atomic mass is 32.2. The Labute approximate surface area is 181 Å². The van der Waals surface area contributed by atoms with Gasteiger partial charge < -0.3 is 20.1 Å². The van der Waals surface area contributed by atoms with Gasteiger partial charge in [0.2, 0.25) is 15.9 Å². The van der Waals surface area contributed by atoms with Crippen molar-refractivity contribution in [2.24, 2.45) is 10.9 Å². The van der Waals surface area contributed by atoms with Crippen molar-refractivity contribution in [1.29, 1.82) is 0 Å². The molecule has 0 radical (unpaired) electrons. The maximum absolute atomic E-state index is 12.6. The minimum atomic E-state index is -3.77. The number of hydrogen-bond acceptors (Lipinski definition) is 6. The molecule has 31 heavy (non-hydrogen) atoms. The molecule has 10 heteroatoms. The summed E-state index contributed by atoms with van der Waals surface area (Å²) in [6.07, 6.45) is 3.03. The lowest BCUT2D eigenvalue weighted by molar-refractivity contribution is -0.126. The number of primary sulfonamides is 1. The third-order valence-electron chi connectivity index (χ3n) is 4.60. The Balaban J connectivity index is 2.10. The molecule has 0 aliphatic heterocycles. The van der Waals surface area contributed by atoms with Gasteiger partial charge in [-0.15, -0.1) is 0 Å². The molecule has 2 aromatic rings. The minimum Gasteiger partial charge on any atom is -0.493 e. The van der Waals surface area contributed by atoms with E-state index in [0.29, 0.717) is 17.1 Å². The summed E-state index contributed by atoms with van der Waals surface area (Å²) in [6.45, 7) is 1.55. The molecule has 0 saturated carbocycles. The van der Waals surface area contributed by atoms with Crippen LogP contribution in [0.2, 0.25) is 0 Å². The van der Waals surface area contributed by atoms with Crippen molar-refractivity contribution in [2.75, 3.05) is 20.8 Å². The highest BCUT2D eigenvalue weighted by Crippen LogP contribution is 2.28. The Kier molecular flexibility index (Phi) is 7.78. The molecule has 2 aromatic carbocycles. The average molecular weight is 448 g/mol. The molecule has 4 N–H and O–H groups in total.